The summed E-state index contributed by atoms with van der Waals surface area (Å²) in [5.74, 6) is 0.160. The average molecular weight is 650 g/mol. The van der Waals surface area contributed by atoms with Gasteiger partial charge in [0.1, 0.15) is 11.5 Å². The minimum absolute atomic E-state index is 0.0274. The molecule has 1 saturated carbocycles. The average Bonchev–Trinajstić information content (AvgIpc) is 3.50. The lowest BCUT2D eigenvalue weighted by Crippen LogP contribution is -2.57. The van der Waals surface area contributed by atoms with Crippen LogP contribution in [0.1, 0.15) is 120 Å². The number of aliphatic imine (C=N–C) groups is 1. The molecule has 1 aliphatic heterocycles. The molecule has 246 valence electrons. The van der Waals surface area contributed by atoms with E-state index in [0.717, 1.165) is 44.1 Å². The molecule has 1 aliphatic carbocycles. The lowest BCUT2D eigenvalue weighted by Gasteiger charge is -2.53. The molecule has 1 spiro atoms. The molecule has 1 atom stereocenters. The van der Waals surface area contributed by atoms with Crippen molar-refractivity contribution in [3.8, 4) is 0 Å². The van der Waals surface area contributed by atoms with E-state index in [2.05, 4.69) is 67.5 Å². The molecule has 1 fully saturated rings. The Morgan fingerprint density at radius 3 is 2.39 bits per heavy atom. The van der Waals surface area contributed by atoms with Crippen LogP contribution in [0.3, 0.4) is 0 Å². The number of tetrazole rings is 1. The Kier molecular flexibility index (Phi) is 9.68. The number of halogens is 2. The van der Waals surface area contributed by atoms with Gasteiger partial charge in [-0.3, -0.25) is 14.6 Å². The van der Waals surface area contributed by atoms with Gasteiger partial charge in [-0.15, -0.1) is 10.2 Å². The highest BCUT2D eigenvalue weighted by Gasteiger charge is 2.50. The van der Waals surface area contributed by atoms with Gasteiger partial charge in [0.05, 0.1) is 24.7 Å². The molecule has 3 aromatic rings. The number of rotatable bonds is 8. The van der Waals surface area contributed by atoms with Crippen molar-refractivity contribution in [1.82, 2.24) is 30.8 Å². The number of hydrogen-bond acceptors (Lipinski definition) is 6. The maximum atomic E-state index is 14.5. The zero-order valence-electron chi connectivity index (χ0n) is 27.7. The van der Waals surface area contributed by atoms with Crippen molar-refractivity contribution in [1.29, 1.82) is 0 Å². The summed E-state index contributed by atoms with van der Waals surface area (Å²) in [7, 11) is 0. The van der Waals surface area contributed by atoms with Crippen LogP contribution in [0, 0.1) is 22.6 Å². The molecule has 2 aromatic carbocycles. The molecule has 2 N–H and O–H groups in total. The van der Waals surface area contributed by atoms with E-state index in [0.29, 0.717) is 28.6 Å². The first kappa shape index (κ1) is 33.7. The van der Waals surface area contributed by atoms with E-state index in [1.807, 2.05) is 17.0 Å². The standard InChI is InChI=1S/C35H45ClFN7O2/c1-33(2,3)14-13-29(22-7-9-23(10-8-22)32(46)38-21-30-40-42-43-41-30)44-31(45)20-28(24-17-26(36)19-27(37)18-24)39-35(44)15-11-25(12-16-35)34(4,5)6/h7-10,17-19,25,29H,11-16,20-21H2,1-6H3,(H,38,46)(H,40,41,42,43). The Bertz CT molecular complexity index is 1550. The quantitative estimate of drug-likeness (QED) is 0.263. The molecule has 0 bridgehead atoms. The lowest BCUT2D eigenvalue weighted by atomic mass is 9.68. The normalized spacial score (nSPS) is 21.3. The number of aromatic nitrogens is 4. The molecule has 0 saturated heterocycles. The Hall–Kier alpha value is -3.66. The van der Waals surface area contributed by atoms with Gasteiger partial charge in [0.25, 0.3) is 5.91 Å². The molecule has 2 amide bonds. The molecule has 9 nitrogen and oxygen atoms in total. The highest BCUT2D eigenvalue weighted by molar-refractivity contribution is 6.31. The van der Waals surface area contributed by atoms with Crippen molar-refractivity contribution < 1.29 is 14.0 Å². The third kappa shape index (κ3) is 7.82. The number of H-pyrrole nitrogens is 1. The van der Waals surface area contributed by atoms with Crippen LogP contribution in [0.15, 0.2) is 47.5 Å². The van der Waals surface area contributed by atoms with Crippen LogP contribution in [0.4, 0.5) is 4.39 Å². The first-order valence-electron chi connectivity index (χ1n) is 16.1. The van der Waals surface area contributed by atoms with E-state index in [-0.39, 0.29) is 46.7 Å². The number of nitrogens with zero attached hydrogens (tertiary/aromatic N) is 5. The minimum atomic E-state index is -0.769. The van der Waals surface area contributed by atoms with Crippen molar-refractivity contribution in [2.24, 2.45) is 21.7 Å². The molecule has 0 radical (unpaired) electrons. The number of amides is 2. The summed E-state index contributed by atoms with van der Waals surface area (Å²) >= 11 is 6.25. The number of aromatic amines is 1. The fourth-order valence-electron chi connectivity index (χ4n) is 6.84. The zero-order valence-corrected chi connectivity index (χ0v) is 28.4. The lowest BCUT2D eigenvalue weighted by molar-refractivity contribution is -0.145. The van der Waals surface area contributed by atoms with Gasteiger partial charge in [-0.2, -0.15) is 5.21 Å². The second kappa shape index (κ2) is 13.2. The first-order valence-corrected chi connectivity index (χ1v) is 16.5. The highest BCUT2D eigenvalue weighted by atomic mass is 35.5. The van der Waals surface area contributed by atoms with Crippen molar-refractivity contribution >= 4 is 29.1 Å². The van der Waals surface area contributed by atoms with Gasteiger partial charge in [-0.05, 0) is 91.2 Å². The first-order chi connectivity index (χ1) is 21.6. The molecular formula is C35H45ClFN7O2. The van der Waals surface area contributed by atoms with E-state index in [4.69, 9.17) is 16.6 Å². The number of carbonyl (C=O) groups excluding carboxylic acids is 2. The maximum absolute atomic E-state index is 14.5. The van der Waals surface area contributed by atoms with Gasteiger partial charge in [-0.1, -0.05) is 70.5 Å². The van der Waals surface area contributed by atoms with E-state index < -0.39 is 11.5 Å². The van der Waals surface area contributed by atoms with Crippen molar-refractivity contribution in [2.45, 2.75) is 105 Å². The highest BCUT2D eigenvalue weighted by Crippen LogP contribution is 2.49. The number of benzene rings is 2. The molecule has 2 aliphatic rings. The maximum Gasteiger partial charge on any atom is 0.251 e. The second-order valence-electron chi connectivity index (χ2n) is 15.0. The van der Waals surface area contributed by atoms with E-state index in [9.17, 15) is 14.0 Å². The molecule has 11 heteroatoms. The van der Waals surface area contributed by atoms with Gasteiger partial charge in [-0.25, -0.2) is 4.39 Å². The van der Waals surface area contributed by atoms with E-state index >= 15 is 0 Å². The van der Waals surface area contributed by atoms with Crippen LogP contribution in [-0.4, -0.2) is 48.7 Å². The topological polar surface area (TPSA) is 116 Å². The Balaban J connectivity index is 1.52. The fourth-order valence-corrected chi connectivity index (χ4v) is 7.07. The van der Waals surface area contributed by atoms with Gasteiger partial charge in [0, 0.05) is 16.1 Å². The van der Waals surface area contributed by atoms with Gasteiger partial charge in [0.15, 0.2) is 5.82 Å². The summed E-state index contributed by atoms with van der Waals surface area (Å²) in [6, 6.07) is 11.6. The predicted molar refractivity (Wildman–Crippen MR) is 177 cm³/mol. The monoisotopic (exact) mass is 649 g/mol. The molecule has 1 aromatic heterocycles. The number of nitrogens with one attached hydrogen (secondary N) is 2. The summed E-state index contributed by atoms with van der Waals surface area (Å²) in [4.78, 5) is 34.7. The van der Waals surface area contributed by atoms with Crippen molar-refractivity contribution in [2.75, 3.05) is 0 Å². The van der Waals surface area contributed by atoms with Crippen LogP contribution < -0.4 is 5.32 Å². The van der Waals surface area contributed by atoms with Crippen molar-refractivity contribution in [3.63, 3.8) is 0 Å². The summed E-state index contributed by atoms with van der Waals surface area (Å²) in [6.45, 7) is 13.6. The number of hydrogen-bond donors (Lipinski definition) is 2. The van der Waals surface area contributed by atoms with Crippen molar-refractivity contribution in [3.05, 3.63) is 75.8 Å². The minimum Gasteiger partial charge on any atom is -0.345 e. The largest absolute Gasteiger partial charge is 0.345 e. The fraction of sp³-hybridized carbons (Fsp3) is 0.543. The third-order valence-corrected chi connectivity index (χ3v) is 9.64. The van der Waals surface area contributed by atoms with Crippen LogP contribution in [0.25, 0.3) is 0 Å². The SMILES string of the molecule is CC(C)(C)CCC(c1ccc(C(=O)NCc2nn[nH]n2)cc1)N1C(=O)CC(c2cc(F)cc(Cl)c2)=NC12CCC(C(C)(C)C)CC2. The number of carbonyl (C=O) groups is 2. The molecular weight excluding hydrogens is 605 g/mol. The second-order valence-corrected chi connectivity index (χ2v) is 15.5. The summed E-state index contributed by atoms with van der Waals surface area (Å²) in [6.07, 6.45) is 4.97. The van der Waals surface area contributed by atoms with Crippen LogP contribution in [0.2, 0.25) is 5.02 Å². The Morgan fingerprint density at radius 2 is 1.80 bits per heavy atom. The van der Waals surface area contributed by atoms with E-state index in [1.54, 1.807) is 18.2 Å². The molecule has 46 heavy (non-hydrogen) atoms. The Labute approximate surface area is 275 Å². The third-order valence-electron chi connectivity index (χ3n) is 9.42. The van der Waals surface area contributed by atoms with Gasteiger partial charge < -0.3 is 10.2 Å². The van der Waals surface area contributed by atoms with Crippen LogP contribution in [0.5, 0.6) is 0 Å². The van der Waals surface area contributed by atoms with Gasteiger partial charge >= 0.3 is 0 Å². The molecule has 2 heterocycles. The summed E-state index contributed by atoms with van der Waals surface area (Å²) in [5, 5.41) is 16.7. The Morgan fingerprint density at radius 1 is 1.11 bits per heavy atom. The molecule has 5 rings (SSSR count). The molecule has 1 unspecified atom stereocenters. The van der Waals surface area contributed by atoms with Crippen LogP contribution >= 0.6 is 11.6 Å². The summed E-state index contributed by atoms with van der Waals surface area (Å²) in [5.41, 5.74) is 1.99. The van der Waals surface area contributed by atoms with Gasteiger partial charge in [0.2, 0.25) is 5.91 Å². The van der Waals surface area contributed by atoms with Crippen LogP contribution in [-0.2, 0) is 11.3 Å². The predicted octanol–water partition coefficient (Wildman–Crippen LogP) is 7.44. The van der Waals surface area contributed by atoms with E-state index in [1.165, 1.54) is 12.1 Å². The summed E-state index contributed by atoms with van der Waals surface area (Å²) < 4.78 is 14.5. The zero-order chi connectivity index (χ0) is 33.3. The smallest absolute Gasteiger partial charge is 0.251 e.